The summed E-state index contributed by atoms with van der Waals surface area (Å²) in [4.78, 5) is 0. The second-order valence-corrected chi connectivity index (χ2v) is 10.0. The van der Waals surface area contributed by atoms with E-state index in [0.717, 1.165) is 29.6 Å². The lowest BCUT2D eigenvalue weighted by molar-refractivity contribution is -0.106. The molecule has 0 spiro atoms. The molecule has 0 aliphatic heterocycles. The number of rotatable bonds is 1. The SMILES string of the molecule is C/C=C1/CCC2C3CCC4CC(CC)CCC4(C)C3CCC12C. The van der Waals surface area contributed by atoms with E-state index in [2.05, 4.69) is 33.8 Å². The van der Waals surface area contributed by atoms with Crippen LogP contribution in [0, 0.1) is 40.4 Å². The van der Waals surface area contributed by atoms with Crippen LogP contribution in [-0.2, 0) is 0 Å². The molecular formula is C23H38. The van der Waals surface area contributed by atoms with Crippen LogP contribution >= 0.6 is 0 Å². The van der Waals surface area contributed by atoms with Crippen molar-refractivity contribution in [2.75, 3.05) is 0 Å². The van der Waals surface area contributed by atoms with Crippen LogP contribution < -0.4 is 0 Å². The molecule has 0 saturated heterocycles. The number of hydrogen-bond acceptors (Lipinski definition) is 0. The summed E-state index contributed by atoms with van der Waals surface area (Å²) in [6.07, 6.45) is 17.5. The highest BCUT2D eigenvalue weighted by molar-refractivity contribution is 5.23. The molecule has 0 N–H and O–H groups in total. The molecule has 0 bridgehead atoms. The van der Waals surface area contributed by atoms with Gasteiger partial charge in [0.25, 0.3) is 0 Å². The van der Waals surface area contributed by atoms with Crippen LogP contribution in [0.2, 0.25) is 0 Å². The maximum atomic E-state index is 2.72. The second kappa shape index (κ2) is 5.63. The van der Waals surface area contributed by atoms with Gasteiger partial charge >= 0.3 is 0 Å². The fourth-order valence-electron chi connectivity index (χ4n) is 8.04. The predicted molar refractivity (Wildman–Crippen MR) is 99.3 cm³/mol. The average Bonchev–Trinajstić information content (AvgIpc) is 2.90. The van der Waals surface area contributed by atoms with Crippen molar-refractivity contribution in [3.05, 3.63) is 11.6 Å². The van der Waals surface area contributed by atoms with Crippen LogP contribution in [-0.4, -0.2) is 0 Å². The molecule has 7 atom stereocenters. The molecule has 0 aromatic carbocycles. The normalized spacial score (nSPS) is 54.4. The minimum Gasteiger partial charge on any atom is -0.0879 e. The number of hydrogen-bond donors (Lipinski definition) is 0. The van der Waals surface area contributed by atoms with Crippen molar-refractivity contribution in [1.82, 2.24) is 0 Å². The van der Waals surface area contributed by atoms with Gasteiger partial charge in [0.05, 0.1) is 0 Å². The molecule has 0 heteroatoms. The van der Waals surface area contributed by atoms with Gasteiger partial charge in [0.1, 0.15) is 0 Å². The Hall–Kier alpha value is -0.260. The summed E-state index contributed by atoms with van der Waals surface area (Å²) in [5, 5.41) is 0. The van der Waals surface area contributed by atoms with Crippen molar-refractivity contribution < 1.29 is 0 Å². The molecule has 7 unspecified atom stereocenters. The van der Waals surface area contributed by atoms with Gasteiger partial charge < -0.3 is 0 Å². The predicted octanol–water partition coefficient (Wildman–Crippen LogP) is 7.00. The summed E-state index contributed by atoms with van der Waals surface area (Å²) < 4.78 is 0. The standard InChI is InChI=1S/C23H38/c1-5-16-11-13-23(4)18(15-16)7-9-19-20-10-8-17(6-2)22(20,3)14-12-21(19)23/h6,16,18-21H,5,7-15H2,1-4H3/b17-6-. The average molecular weight is 315 g/mol. The zero-order valence-electron chi connectivity index (χ0n) is 16.0. The van der Waals surface area contributed by atoms with Crippen molar-refractivity contribution in [2.45, 2.75) is 91.9 Å². The van der Waals surface area contributed by atoms with Gasteiger partial charge in [-0.1, -0.05) is 38.8 Å². The van der Waals surface area contributed by atoms with Crippen LogP contribution in [0.1, 0.15) is 91.9 Å². The largest absolute Gasteiger partial charge is 0.0879 e. The Morgan fingerprint density at radius 2 is 1.83 bits per heavy atom. The van der Waals surface area contributed by atoms with Crippen LogP contribution in [0.4, 0.5) is 0 Å². The van der Waals surface area contributed by atoms with Crippen LogP contribution in [0.25, 0.3) is 0 Å². The van der Waals surface area contributed by atoms with Crippen molar-refractivity contribution in [3.8, 4) is 0 Å². The van der Waals surface area contributed by atoms with E-state index < -0.39 is 0 Å². The van der Waals surface area contributed by atoms with E-state index in [-0.39, 0.29) is 0 Å². The molecule has 4 aliphatic carbocycles. The van der Waals surface area contributed by atoms with E-state index in [1.807, 2.05) is 5.57 Å². The summed E-state index contributed by atoms with van der Waals surface area (Å²) in [7, 11) is 0. The van der Waals surface area contributed by atoms with E-state index in [1.54, 1.807) is 19.3 Å². The highest BCUT2D eigenvalue weighted by atomic mass is 14.6. The molecule has 0 aromatic heterocycles. The third-order valence-corrected chi connectivity index (χ3v) is 9.55. The third-order valence-electron chi connectivity index (χ3n) is 9.55. The first-order valence-corrected chi connectivity index (χ1v) is 10.7. The van der Waals surface area contributed by atoms with Crippen molar-refractivity contribution >= 4 is 0 Å². The first-order chi connectivity index (χ1) is 11.0. The van der Waals surface area contributed by atoms with Crippen molar-refractivity contribution in [2.24, 2.45) is 40.4 Å². The number of fused-ring (bicyclic) bond motifs is 5. The molecule has 0 aromatic rings. The molecule has 23 heavy (non-hydrogen) atoms. The highest BCUT2D eigenvalue weighted by Gasteiger charge is 2.58. The molecule has 0 amide bonds. The quantitative estimate of drug-likeness (QED) is 0.457. The fourth-order valence-corrected chi connectivity index (χ4v) is 8.04. The van der Waals surface area contributed by atoms with Crippen molar-refractivity contribution in [1.29, 1.82) is 0 Å². The molecule has 4 rings (SSSR count). The van der Waals surface area contributed by atoms with Gasteiger partial charge in [-0.15, -0.1) is 0 Å². The Morgan fingerprint density at radius 1 is 1.00 bits per heavy atom. The zero-order chi connectivity index (χ0) is 16.2. The Bertz CT molecular complexity index is 488. The summed E-state index contributed by atoms with van der Waals surface area (Å²) in [5.74, 6) is 5.20. The summed E-state index contributed by atoms with van der Waals surface area (Å²) >= 11 is 0. The molecule has 0 nitrogen and oxygen atoms in total. The molecule has 4 fully saturated rings. The van der Waals surface area contributed by atoms with Gasteiger partial charge in [0, 0.05) is 0 Å². The van der Waals surface area contributed by atoms with Gasteiger partial charge in [-0.2, -0.15) is 0 Å². The maximum absolute atomic E-state index is 2.72. The topological polar surface area (TPSA) is 0 Å². The summed E-state index contributed by atoms with van der Waals surface area (Å²) in [6.45, 7) is 10.1. The molecule has 4 aliphatic rings. The van der Waals surface area contributed by atoms with Gasteiger partial charge in [0.15, 0.2) is 0 Å². The second-order valence-electron chi connectivity index (χ2n) is 10.0. The molecule has 0 radical (unpaired) electrons. The lowest BCUT2D eigenvalue weighted by atomic mass is 9.44. The Kier molecular flexibility index (Phi) is 3.97. The fraction of sp³-hybridized carbons (Fsp3) is 0.913. The van der Waals surface area contributed by atoms with Crippen molar-refractivity contribution in [3.63, 3.8) is 0 Å². The smallest absolute Gasteiger partial charge is 0.00853 e. The lowest BCUT2D eigenvalue weighted by Crippen LogP contribution is -2.52. The van der Waals surface area contributed by atoms with Crippen LogP contribution in [0.5, 0.6) is 0 Å². The lowest BCUT2D eigenvalue weighted by Gasteiger charge is -2.60. The third kappa shape index (κ3) is 2.22. The zero-order valence-corrected chi connectivity index (χ0v) is 16.0. The van der Waals surface area contributed by atoms with Gasteiger partial charge in [-0.3, -0.25) is 0 Å². The first kappa shape index (κ1) is 16.2. The van der Waals surface area contributed by atoms with Crippen LogP contribution in [0.3, 0.4) is 0 Å². The monoisotopic (exact) mass is 314 g/mol. The van der Waals surface area contributed by atoms with E-state index in [9.17, 15) is 0 Å². The van der Waals surface area contributed by atoms with Gasteiger partial charge in [-0.25, -0.2) is 0 Å². The summed E-state index contributed by atoms with van der Waals surface area (Å²) in [5.41, 5.74) is 3.07. The van der Waals surface area contributed by atoms with E-state index in [1.165, 1.54) is 44.9 Å². The van der Waals surface area contributed by atoms with Gasteiger partial charge in [0.2, 0.25) is 0 Å². The Balaban J connectivity index is 1.60. The van der Waals surface area contributed by atoms with Crippen LogP contribution in [0.15, 0.2) is 11.6 Å². The number of allylic oxidation sites excluding steroid dienone is 2. The van der Waals surface area contributed by atoms with E-state index in [4.69, 9.17) is 0 Å². The van der Waals surface area contributed by atoms with E-state index >= 15 is 0 Å². The Morgan fingerprint density at radius 3 is 2.57 bits per heavy atom. The maximum Gasteiger partial charge on any atom is -0.00853 e. The Labute approximate surface area is 144 Å². The van der Waals surface area contributed by atoms with Gasteiger partial charge in [-0.05, 0) is 105 Å². The molecule has 0 heterocycles. The molecular weight excluding hydrogens is 276 g/mol. The molecule has 4 saturated carbocycles. The molecule has 130 valence electrons. The minimum absolute atomic E-state index is 0.569. The summed E-state index contributed by atoms with van der Waals surface area (Å²) in [6, 6.07) is 0. The van der Waals surface area contributed by atoms with E-state index in [0.29, 0.717) is 10.8 Å². The first-order valence-electron chi connectivity index (χ1n) is 10.7. The highest BCUT2D eigenvalue weighted by Crippen LogP contribution is 2.67. The minimum atomic E-state index is 0.569.